The topological polar surface area (TPSA) is 236 Å². The zero-order valence-corrected chi connectivity index (χ0v) is 39.6. The minimum atomic E-state index is -1.12. The molecular weight excluding hydrogens is 964 g/mol. The Morgan fingerprint density at radius 2 is 1.10 bits per heavy atom. The molecule has 0 spiro atoms. The molecule has 2 aliphatic heterocycles. The van der Waals surface area contributed by atoms with E-state index in [-0.39, 0.29) is 114 Å². The van der Waals surface area contributed by atoms with E-state index >= 15 is 0 Å². The first kappa shape index (κ1) is 54.5. The smallest absolute Gasteiger partial charge is 0.870 e. The molecule has 351 valence electrons. The van der Waals surface area contributed by atoms with E-state index < -0.39 is 53.0 Å². The van der Waals surface area contributed by atoms with E-state index in [0.29, 0.717) is 39.3 Å². The van der Waals surface area contributed by atoms with Gasteiger partial charge < -0.3 is 40.7 Å². The van der Waals surface area contributed by atoms with Crippen molar-refractivity contribution in [2.75, 3.05) is 72.0 Å². The van der Waals surface area contributed by atoms with Crippen molar-refractivity contribution in [1.82, 2.24) is 35.1 Å². The van der Waals surface area contributed by atoms with Crippen molar-refractivity contribution in [3.05, 3.63) is 0 Å². The number of carboxylic acid groups (broad SMARTS) is 2. The molecule has 0 aromatic rings. The number of likely N-dealkylation sites (tertiary alicyclic amines) is 1. The van der Waals surface area contributed by atoms with E-state index in [1.165, 1.54) is 0 Å². The number of rotatable bonds is 16. The van der Waals surface area contributed by atoms with Gasteiger partial charge in [0.25, 0.3) is 0 Å². The summed E-state index contributed by atoms with van der Waals surface area (Å²) in [7, 11) is 0. The van der Waals surface area contributed by atoms with Crippen LogP contribution in [0.5, 0.6) is 0 Å². The van der Waals surface area contributed by atoms with Crippen LogP contribution < -0.4 is 20.8 Å². The number of thiol groups is 1. The van der Waals surface area contributed by atoms with Gasteiger partial charge in [-0.05, 0) is 63.2 Å². The van der Waals surface area contributed by atoms with Crippen LogP contribution in [0.15, 0.2) is 0 Å². The molecule has 3 N–H and O–H groups in total. The van der Waals surface area contributed by atoms with Crippen molar-refractivity contribution in [2.24, 2.45) is 17.8 Å². The summed E-state index contributed by atoms with van der Waals surface area (Å²) in [6, 6.07) is -2.83. The molecule has 3 saturated carbocycles. The van der Waals surface area contributed by atoms with Gasteiger partial charge in [-0.1, -0.05) is 57.8 Å². The van der Waals surface area contributed by atoms with Crippen molar-refractivity contribution >= 4 is 54.5 Å². The number of carbonyl (C=O) groups excluding carboxylic acids is 7. The molecule has 2 heterocycles. The summed E-state index contributed by atoms with van der Waals surface area (Å²) < 4.78 is 0. The van der Waals surface area contributed by atoms with Crippen LogP contribution in [0.2, 0.25) is 0 Å². The van der Waals surface area contributed by atoms with Gasteiger partial charge in [0.1, 0.15) is 6.29 Å². The van der Waals surface area contributed by atoms with Gasteiger partial charge in [-0.15, -0.1) is 0 Å². The molecule has 5 atom stereocenters. The Morgan fingerprint density at radius 3 is 1.50 bits per heavy atom. The van der Waals surface area contributed by atoms with E-state index in [4.69, 9.17) is 0 Å². The largest absolute Gasteiger partial charge is 3.00 e. The summed E-state index contributed by atoms with van der Waals surface area (Å²) in [6.07, 6.45) is 15.2. The van der Waals surface area contributed by atoms with E-state index in [9.17, 15) is 43.8 Å². The average molecular weight is 1030 g/mol. The number of amides is 4. The molecule has 1 radical (unpaired) electrons. The zero-order valence-electron chi connectivity index (χ0n) is 36.4. The predicted octanol–water partition coefficient (Wildman–Crippen LogP) is -0.745. The van der Waals surface area contributed by atoms with Crippen LogP contribution >= 0.6 is 12.6 Å². The zero-order chi connectivity index (χ0) is 43.2. The third-order valence-corrected chi connectivity index (χ3v) is 14.5. The maximum atomic E-state index is 13.8. The summed E-state index contributed by atoms with van der Waals surface area (Å²) >= 11 is 4.12. The van der Waals surface area contributed by atoms with Gasteiger partial charge >= 0.3 is 39.9 Å². The van der Waals surface area contributed by atoms with Gasteiger partial charge in [-0.2, -0.15) is 12.6 Å². The maximum Gasteiger partial charge on any atom is 3.00 e. The van der Waals surface area contributed by atoms with Crippen LogP contribution in [0.1, 0.15) is 110 Å². The number of hydrogen-bond donors (Lipinski definition) is 3. The number of aldehydes is 1. The van der Waals surface area contributed by atoms with Crippen LogP contribution in [-0.4, -0.2) is 173 Å². The molecule has 17 nitrogen and oxygen atoms in total. The van der Waals surface area contributed by atoms with Gasteiger partial charge in [-0.25, -0.2) is 0 Å². The SMILES string of the molecule is CC(C(=O)NCC(=O)NCCN1C(=O)CC(S)C1=O)N1CCN([C@@H](C(=O)[O-])C2CCCCC2)CCN(C(C=O)C2CCCCC2)CCN([C@@H](C(=O)[O-])C2CCCCC2)CC1.[Gd+3].[OH-]. The van der Waals surface area contributed by atoms with Gasteiger partial charge in [0.2, 0.25) is 23.6 Å². The molecule has 3 aliphatic carbocycles. The Hall–Kier alpha value is -1.84. The van der Waals surface area contributed by atoms with E-state index in [1.54, 1.807) is 6.92 Å². The van der Waals surface area contributed by atoms with Crippen LogP contribution in [0, 0.1) is 57.7 Å². The fourth-order valence-corrected chi connectivity index (χ4v) is 10.9. The number of nitrogens with one attached hydrogen (secondary N) is 2. The van der Waals surface area contributed by atoms with Gasteiger partial charge in [-0.3, -0.25) is 43.7 Å². The summed E-state index contributed by atoms with van der Waals surface area (Å²) in [6.45, 7) is 4.12. The Kier molecular flexibility index (Phi) is 24.3. The van der Waals surface area contributed by atoms with Crippen molar-refractivity contribution in [1.29, 1.82) is 0 Å². The fourth-order valence-electron chi connectivity index (χ4n) is 10.6. The van der Waals surface area contributed by atoms with Gasteiger partial charge in [0.05, 0.1) is 47.9 Å². The predicted molar refractivity (Wildman–Crippen MR) is 225 cm³/mol. The molecule has 5 aliphatic rings. The van der Waals surface area contributed by atoms with E-state index in [2.05, 4.69) is 28.2 Å². The maximum absolute atomic E-state index is 13.8. The molecule has 0 bridgehead atoms. The first-order valence-electron chi connectivity index (χ1n) is 22.8. The molecule has 2 saturated heterocycles. The minimum absolute atomic E-state index is 0. The third kappa shape index (κ3) is 15.4. The Labute approximate surface area is 404 Å². The summed E-state index contributed by atoms with van der Waals surface area (Å²) in [5.74, 6) is -3.93. The van der Waals surface area contributed by atoms with Crippen LogP contribution in [0.3, 0.4) is 0 Å². The average Bonchev–Trinajstić information content (AvgIpc) is 3.48. The Bertz CT molecular complexity index is 1430. The summed E-state index contributed by atoms with van der Waals surface area (Å²) in [5, 5.41) is 30.8. The molecule has 62 heavy (non-hydrogen) atoms. The van der Waals surface area contributed by atoms with Crippen molar-refractivity contribution in [3.63, 3.8) is 0 Å². The molecule has 0 aromatic carbocycles. The van der Waals surface area contributed by atoms with E-state index in [0.717, 1.165) is 107 Å². The summed E-state index contributed by atoms with van der Waals surface area (Å²) in [5.41, 5.74) is 0. The van der Waals surface area contributed by atoms with Crippen molar-refractivity contribution in [3.8, 4) is 0 Å². The second-order valence-electron chi connectivity index (χ2n) is 17.8. The minimum Gasteiger partial charge on any atom is -0.870 e. The first-order valence-corrected chi connectivity index (χ1v) is 23.3. The first-order chi connectivity index (χ1) is 28.9. The number of hydrogen-bond acceptors (Lipinski definition) is 15. The van der Waals surface area contributed by atoms with Crippen LogP contribution in [0.25, 0.3) is 0 Å². The molecule has 5 rings (SSSR count). The molecule has 3 unspecified atom stereocenters. The second-order valence-corrected chi connectivity index (χ2v) is 18.5. The monoisotopic (exact) mass is 1030 g/mol. The standard InChI is InChI=1S/C43H71N7O9S.Gd.H2O/c1-30(40(54)45-28-36(52)44-17-18-50-37(53)27-35(60)41(50)55)46-19-23-48(38(42(56)57)32-13-7-3-8-14-32)25-21-47(34(29-51)31-11-5-2-6-12-31)22-26-49(24-20-46)39(43(58)59)33-15-9-4-10-16-33;;/h29-35,38-39,60H,2-28H2,1H3,(H,44,52)(H,45,54)(H,56,57)(H,58,59);;1H2/q;+3;/p-3/t30?,34?,35?,38-,39-;;/m1../s1. The number of imide groups is 1. The molecule has 0 aromatic heterocycles. The normalized spacial score (nSPS) is 24.9. The summed E-state index contributed by atoms with van der Waals surface area (Å²) in [4.78, 5) is 99.0. The van der Waals surface area contributed by atoms with E-state index in [1.807, 2.05) is 14.7 Å². The van der Waals surface area contributed by atoms with Crippen molar-refractivity contribution in [2.45, 2.75) is 139 Å². The van der Waals surface area contributed by atoms with Gasteiger partial charge in [0.15, 0.2) is 0 Å². The number of carboxylic acids is 2. The Morgan fingerprint density at radius 1 is 0.677 bits per heavy atom. The van der Waals surface area contributed by atoms with Crippen LogP contribution in [-0.2, 0) is 33.6 Å². The molecule has 4 amide bonds. The number of carbonyl (C=O) groups is 7. The molecule has 5 fully saturated rings. The van der Waals surface area contributed by atoms with Crippen molar-refractivity contribution < 1.29 is 89.2 Å². The fraction of sp³-hybridized carbons (Fsp3) is 0.837. The quantitative estimate of drug-likeness (QED) is 0.0982. The second kappa shape index (κ2) is 27.6. The number of nitrogens with zero attached hydrogens (tertiary/aromatic N) is 5. The van der Waals surface area contributed by atoms with Gasteiger partial charge in [0, 0.05) is 71.9 Å². The molecular formula is C43H70GdN7O10S. The Balaban J connectivity index is 0.00000512. The third-order valence-electron chi connectivity index (χ3n) is 14.1. The molecule has 19 heteroatoms. The number of aliphatic carboxylic acids is 2. The van der Waals surface area contributed by atoms with Crippen LogP contribution in [0.4, 0.5) is 0 Å².